The lowest BCUT2D eigenvalue weighted by Gasteiger charge is -2.38. The van der Waals surface area contributed by atoms with Crippen LogP contribution in [-0.2, 0) is 15.0 Å². The molecule has 1 aliphatic rings. The fourth-order valence-corrected chi connectivity index (χ4v) is 5.02. The van der Waals surface area contributed by atoms with Gasteiger partial charge in [-0.15, -0.1) is 0 Å². The van der Waals surface area contributed by atoms with E-state index < -0.39 is 11.6 Å². The first kappa shape index (κ1) is 26.1. The first-order chi connectivity index (χ1) is 16.5. The second kappa shape index (κ2) is 12.8. The van der Waals surface area contributed by atoms with Gasteiger partial charge in [0.25, 0.3) is 0 Å². The molecule has 1 fully saturated rings. The molecule has 34 heavy (non-hydrogen) atoms. The third-order valence-corrected chi connectivity index (χ3v) is 7.24. The molecular formula is C22H21ClF2N4O3S2. The highest BCUT2D eigenvalue weighted by Crippen LogP contribution is 2.38. The zero-order chi connectivity index (χ0) is 24.4. The maximum atomic E-state index is 14.5. The molecule has 1 saturated heterocycles. The summed E-state index contributed by atoms with van der Waals surface area (Å²) in [4.78, 5) is 20.3. The summed E-state index contributed by atoms with van der Waals surface area (Å²) in [5.41, 5.74) is 1.12. The molecule has 0 amide bonds. The summed E-state index contributed by atoms with van der Waals surface area (Å²) >= 11 is 8.12. The minimum absolute atomic E-state index is 0.0771. The van der Waals surface area contributed by atoms with Gasteiger partial charge in [-0.25, -0.2) is 13.8 Å². The van der Waals surface area contributed by atoms with Crippen LogP contribution in [0.5, 0.6) is 5.75 Å². The fraction of sp³-hybridized carbons (Fsp3) is 0.318. The Bertz CT molecular complexity index is 1090. The molecule has 1 aliphatic heterocycles. The van der Waals surface area contributed by atoms with E-state index in [0.717, 1.165) is 61.5 Å². The van der Waals surface area contributed by atoms with Crippen LogP contribution in [0.3, 0.4) is 0 Å². The molecule has 180 valence electrons. The minimum atomic E-state index is -0.603. The van der Waals surface area contributed by atoms with Crippen molar-refractivity contribution >= 4 is 46.4 Å². The molecule has 0 spiro atoms. The highest BCUT2D eigenvalue weighted by molar-refractivity contribution is 8.00. The number of anilines is 1. The van der Waals surface area contributed by atoms with Crippen LogP contribution in [0.4, 0.5) is 13.9 Å². The average molecular weight is 527 g/mol. The Morgan fingerprint density at radius 2 is 1.88 bits per heavy atom. The smallest absolute Gasteiger partial charge is 0.373 e. The Labute approximate surface area is 208 Å². The van der Waals surface area contributed by atoms with Gasteiger partial charge < -0.3 is 14.8 Å². The zero-order valence-corrected chi connectivity index (χ0v) is 20.2. The number of benzene rings is 2. The van der Waals surface area contributed by atoms with Crippen LogP contribution in [0, 0.1) is 11.6 Å². The standard InChI is InChI=1S/C21H21ClF2N4OS2.CO2/c22-15-3-1-14(2-4-15)21(5-8-25-9-6-21)7-10-29-18-11-17(24)19(12-16(18)23)30-28-20-26-13-27-31-20;2-1-3/h1-4,11-13,25H,5-10H2,(H,26,27,28);. The zero-order valence-electron chi connectivity index (χ0n) is 17.9. The molecule has 0 radical (unpaired) electrons. The monoisotopic (exact) mass is 526 g/mol. The second-order valence-electron chi connectivity index (χ2n) is 7.38. The molecule has 1 aromatic heterocycles. The molecule has 0 bridgehead atoms. The number of hydrogen-bond acceptors (Lipinski definition) is 9. The van der Waals surface area contributed by atoms with E-state index in [-0.39, 0.29) is 28.8 Å². The van der Waals surface area contributed by atoms with Crippen molar-refractivity contribution in [3.63, 3.8) is 0 Å². The van der Waals surface area contributed by atoms with E-state index in [1.807, 2.05) is 24.3 Å². The molecule has 2 heterocycles. The van der Waals surface area contributed by atoms with Crippen molar-refractivity contribution in [2.75, 3.05) is 24.4 Å². The lowest BCUT2D eigenvalue weighted by Crippen LogP contribution is -2.40. The van der Waals surface area contributed by atoms with Crippen molar-refractivity contribution in [1.29, 1.82) is 0 Å². The van der Waals surface area contributed by atoms with Gasteiger partial charge in [-0.05, 0) is 68.1 Å². The van der Waals surface area contributed by atoms with E-state index in [9.17, 15) is 8.78 Å². The van der Waals surface area contributed by atoms with Crippen molar-refractivity contribution in [1.82, 2.24) is 14.7 Å². The summed E-state index contributed by atoms with van der Waals surface area (Å²) < 4.78 is 41.4. The molecular weight excluding hydrogens is 506 g/mol. The molecule has 0 aliphatic carbocycles. The molecule has 0 unspecified atom stereocenters. The summed E-state index contributed by atoms with van der Waals surface area (Å²) in [5, 5.41) is 4.59. The van der Waals surface area contributed by atoms with Crippen molar-refractivity contribution in [3.05, 3.63) is 64.9 Å². The number of aromatic nitrogens is 2. The van der Waals surface area contributed by atoms with Crippen molar-refractivity contribution in [3.8, 4) is 5.75 Å². The summed E-state index contributed by atoms with van der Waals surface area (Å²) in [7, 11) is 0. The summed E-state index contributed by atoms with van der Waals surface area (Å²) in [5.74, 6) is -1.25. The SMILES string of the molecule is Fc1cc(SNc2ncns2)c(F)cc1OCCC1(c2ccc(Cl)cc2)CCNCC1.O=C=O. The average Bonchev–Trinajstić information content (AvgIpc) is 3.35. The maximum absolute atomic E-state index is 14.5. The van der Waals surface area contributed by atoms with Crippen LogP contribution in [0.25, 0.3) is 0 Å². The molecule has 2 aromatic carbocycles. The number of nitrogens with zero attached hydrogens (tertiary/aromatic N) is 2. The van der Waals surface area contributed by atoms with Crippen LogP contribution in [0.15, 0.2) is 47.6 Å². The van der Waals surface area contributed by atoms with Gasteiger partial charge >= 0.3 is 6.15 Å². The van der Waals surface area contributed by atoms with Crippen molar-refractivity contribution in [2.45, 2.75) is 29.6 Å². The van der Waals surface area contributed by atoms with Gasteiger partial charge in [0.05, 0.1) is 11.5 Å². The Kier molecular flexibility index (Phi) is 9.79. The first-order valence-corrected chi connectivity index (χ1v) is 12.2. The Morgan fingerprint density at radius 1 is 1.18 bits per heavy atom. The van der Waals surface area contributed by atoms with Gasteiger partial charge in [0, 0.05) is 28.0 Å². The van der Waals surface area contributed by atoms with Crippen molar-refractivity contribution < 1.29 is 23.1 Å². The quantitative estimate of drug-likeness (QED) is 0.392. The Hall–Kier alpha value is -2.56. The molecule has 0 saturated carbocycles. The summed E-state index contributed by atoms with van der Waals surface area (Å²) in [6.45, 7) is 2.09. The van der Waals surface area contributed by atoms with E-state index in [2.05, 4.69) is 19.4 Å². The van der Waals surface area contributed by atoms with E-state index in [4.69, 9.17) is 25.9 Å². The predicted molar refractivity (Wildman–Crippen MR) is 126 cm³/mol. The van der Waals surface area contributed by atoms with Gasteiger partial charge in [0.1, 0.15) is 12.1 Å². The van der Waals surface area contributed by atoms with Crippen LogP contribution in [0.1, 0.15) is 24.8 Å². The normalized spacial score (nSPS) is 14.4. The van der Waals surface area contributed by atoms with E-state index >= 15 is 0 Å². The van der Waals surface area contributed by atoms with E-state index in [1.54, 1.807) is 0 Å². The first-order valence-electron chi connectivity index (χ1n) is 10.2. The van der Waals surface area contributed by atoms with Gasteiger partial charge in [0.15, 0.2) is 11.6 Å². The number of piperidine rings is 1. The van der Waals surface area contributed by atoms with Gasteiger partial charge in [0.2, 0.25) is 5.13 Å². The number of nitrogens with one attached hydrogen (secondary N) is 2. The van der Waals surface area contributed by atoms with E-state index in [1.165, 1.54) is 11.9 Å². The molecule has 3 aromatic rings. The number of rotatable bonds is 8. The van der Waals surface area contributed by atoms with Gasteiger partial charge in [-0.3, -0.25) is 0 Å². The number of ether oxygens (including phenoxy) is 1. The largest absolute Gasteiger partial charge is 0.490 e. The van der Waals surface area contributed by atoms with E-state index in [0.29, 0.717) is 16.6 Å². The Balaban J connectivity index is 0.00000103. The highest BCUT2D eigenvalue weighted by Gasteiger charge is 2.33. The third-order valence-electron chi connectivity index (χ3n) is 5.45. The van der Waals surface area contributed by atoms with Gasteiger partial charge in [-0.1, -0.05) is 23.7 Å². The summed E-state index contributed by atoms with van der Waals surface area (Å²) in [6, 6.07) is 10.1. The number of halogens is 3. The topological polar surface area (TPSA) is 93.2 Å². The molecule has 2 N–H and O–H groups in total. The lowest BCUT2D eigenvalue weighted by molar-refractivity contribution is -0.191. The molecule has 12 heteroatoms. The maximum Gasteiger partial charge on any atom is 0.373 e. The third kappa shape index (κ3) is 6.97. The van der Waals surface area contributed by atoms with Crippen LogP contribution in [0.2, 0.25) is 5.02 Å². The predicted octanol–water partition coefficient (Wildman–Crippen LogP) is 5.10. The number of carbonyl (C=O) groups excluding carboxylic acids is 2. The summed E-state index contributed by atoms with van der Waals surface area (Å²) in [6.07, 6.45) is 4.23. The highest BCUT2D eigenvalue weighted by atomic mass is 35.5. The van der Waals surface area contributed by atoms with Crippen LogP contribution >= 0.6 is 35.1 Å². The van der Waals surface area contributed by atoms with Gasteiger partial charge in [-0.2, -0.15) is 14.0 Å². The van der Waals surface area contributed by atoms with Crippen LogP contribution < -0.4 is 14.8 Å². The molecule has 0 atom stereocenters. The second-order valence-corrected chi connectivity index (χ2v) is 9.45. The van der Waals surface area contributed by atoms with Crippen LogP contribution in [-0.4, -0.2) is 35.2 Å². The lowest BCUT2D eigenvalue weighted by atomic mass is 9.71. The fourth-order valence-electron chi connectivity index (χ4n) is 3.76. The van der Waals surface area contributed by atoms with Crippen molar-refractivity contribution in [2.24, 2.45) is 0 Å². The minimum Gasteiger partial charge on any atom is -0.490 e. The molecule has 4 rings (SSSR count). The molecule has 7 nitrogen and oxygen atoms in total. The number of hydrogen-bond donors (Lipinski definition) is 2. The Morgan fingerprint density at radius 3 is 2.53 bits per heavy atom.